The highest BCUT2D eigenvalue weighted by atomic mass is 16.5. The Kier molecular flexibility index (Phi) is 1.83. The molecule has 1 aliphatic rings. The second-order valence-electron chi connectivity index (χ2n) is 2.81. The van der Waals surface area contributed by atoms with E-state index in [9.17, 15) is 0 Å². The molecule has 1 fully saturated rings. The maximum Gasteiger partial charge on any atom is 0.146 e. The molecule has 0 aromatic carbocycles. The molecule has 0 unspecified atom stereocenters. The fraction of sp³-hybridized carbons (Fsp3) is 0.375. The molecule has 0 saturated carbocycles. The molecule has 0 atom stereocenters. The van der Waals surface area contributed by atoms with Crippen molar-refractivity contribution >= 4 is 11.5 Å². The van der Waals surface area contributed by atoms with Crippen LogP contribution in [0.5, 0.6) is 0 Å². The van der Waals surface area contributed by atoms with Crippen LogP contribution in [0.1, 0.15) is 0 Å². The van der Waals surface area contributed by atoms with Crippen LogP contribution >= 0.6 is 0 Å². The quantitative estimate of drug-likeness (QED) is 0.669. The van der Waals surface area contributed by atoms with Crippen molar-refractivity contribution in [1.82, 2.24) is 4.98 Å². The first-order valence-electron chi connectivity index (χ1n) is 3.91. The molecule has 3 N–H and O–H groups in total. The third-order valence-electron chi connectivity index (χ3n) is 1.84. The van der Waals surface area contributed by atoms with E-state index in [4.69, 9.17) is 10.5 Å². The molecule has 2 rings (SSSR count). The van der Waals surface area contributed by atoms with Crippen LogP contribution in [0.2, 0.25) is 0 Å². The summed E-state index contributed by atoms with van der Waals surface area (Å²) < 4.78 is 5.02. The summed E-state index contributed by atoms with van der Waals surface area (Å²) >= 11 is 0. The van der Waals surface area contributed by atoms with E-state index in [0.29, 0.717) is 11.9 Å². The first-order chi connectivity index (χ1) is 5.86. The number of rotatable bonds is 2. The van der Waals surface area contributed by atoms with Gasteiger partial charge in [-0.2, -0.15) is 0 Å². The predicted octanol–water partition coefficient (Wildman–Crippen LogP) is 0.474. The lowest BCUT2D eigenvalue weighted by Crippen LogP contribution is -2.40. The summed E-state index contributed by atoms with van der Waals surface area (Å²) in [5.74, 6) is 0.546. The Morgan fingerprint density at radius 3 is 3.00 bits per heavy atom. The van der Waals surface area contributed by atoms with E-state index in [2.05, 4.69) is 10.3 Å². The van der Waals surface area contributed by atoms with E-state index in [1.165, 1.54) is 0 Å². The molecule has 0 radical (unpaired) electrons. The Balaban J connectivity index is 2.06. The molecular weight excluding hydrogens is 154 g/mol. The van der Waals surface area contributed by atoms with Crippen molar-refractivity contribution in [3.8, 4) is 0 Å². The normalized spacial score (nSPS) is 17.0. The number of nitrogens with two attached hydrogens (primary N) is 1. The van der Waals surface area contributed by atoms with Crippen molar-refractivity contribution in [2.45, 2.75) is 6.04 Å². The Morgan fingerprint density at radius 2 is 2.42 bits per heavy atom. The third kappa shape index (κ3) is 1.33. The molecule has 64 valence electrons. The zero-order valence-electron chi connectivity index (χ0n) is 6.66. The largest absolute Gasteiger partial charge is 0.382 e. The lowest BCUT2D eigenvalue weighted by Gasteiger charge is -2.27. The van der Waals surface area contributed by atoms with Crippen molar-refractivity contribution in [2.24, 2.45) is 0 Å². The Morgan fingerprint density at radius 1 is 1.58 bits per heavy atom. The molecule has 4 nitrogen and oxygen atoms in total. The molecular formula is C8H11N3O. The molecule has 0 aliphatic carbocycles. The van der Waals surface area contributed by atoms with Crippen molar-refractivity contribution in [2.75, 3.05) is 24.3 Å². The number of nitrogen functional groups attached to an aromatic ring is 1. The lowest BCUT2D eigenvalue weighted by atomic mass is 10.2. The maximum absolute atomic E-state index is 5.63. The smallest absolute Gasteiger partial charge is 0.146 e. The van der Waals surface area contributed by atoms with Crippen LogP contribution in [-0.4, -0.2) is 24.2 Å². The number of nitrogens with zero attached hydrogens (tertiary/aromatic N) is 1. The summed E-state index contributed by atoms with van der Waals surface area (Å²) in [4.78, 5) is 3.97. The minimum absolute atomic E-state index is 0.400. The van der Waals surface area contributed by atoms with E-state index in [1.807, 2.05) is 12.1 Å². The molecule has 0 spiro atoms. The van der Waals surface area contributed by atoms with Crippen LogP contribution in [-0.2, 0) is 4.74 Å². The summed E-state index contributed by atoms with van der Waals surface area (Å²) in [7, 11) is 0. The predicted molar refractivity (Wildman–Crippen MR) is 46.9 cm³/mol. The highest BCUT2D eigenvalue weighted by Gasteiger charge is 2.18. The van der Waals surface area contributed by atoms with Crippen LogP contribution in [0.15, 0.2) is 18.3 Å². The topological polar surface area (TPSA) is 60.2 Å². The lowest BCUT2D eigenvalue weighted by molar-refractivity contribution is 0.0211. The molecule has 1 aromatic rings. The molecule has 12 heavy (non-hydrogen) atoms. The van der Waals surface area contributed by atoms with Crippen LogP contribution in [0.4, 0.5) is 11.5 Å². The van der Waals surface area contributed by atoms with Gasteiger partial charge in [-0.25, -0.2) is 4.98 Å². The third-order valence-corrected chi connectivity index (χ3v) is 1.84. The second-order valence-corrected chi connectivity index (χ2v) is 2.81. The Hall–Kier alpha value is -1.29. The van der Waals surface area contributed by atoms with Gasteiger partial charge < -0.3 is 15.8 Å². The van der Waals surface area contributed by atoms with E-state index in [-0.39, 0.29) is 0 Å². The Bertz CT molecular complexity index is 273. The summed E-state index contributed by atoms with van der Waals surface area (Å²) in [5, 5.41) is 3.23. The molecule has 1 aliphatic heterocycles. The van der Waals surface area contributed by atoms with Gasteiger partial charge in [0.05, 0.1) is 24.9 Å². The zero-order chi connectivity index (χ0) is 8.39. The first kappa shape index (κ1) is 7.36. The van der Waals surface area contributed by atoms with Gasteiger partial charge in [-0.3, -0.25) is 0 Å². The van der Waals surface area contributed by atoms with E-state index >= 15 is 0 Å². The minimum atomic E-state index is 0.400. The SMILES string of the molecule is Nc1ncccc1NC1COC1. The zero-order valence-corrected chi connectivity index (χ0v) is 6.66. The fourth-order valence-electron chi connectivity index (χ4n) is 1.08. The molecule has 1 aromatic heterocycles. The summed E-state index contributed by atoms with van der Waals surface area (Å²) in [5.41, 5.74) is 6.53. The average molecular weight is 165 g/mol. The number of hydrogen-bond acceptors (Lipinski definition) is 4. The van der Waals surface area contributed by atoms with Gasteiger partial charge in [-0.05, 0) is 12.1 Å². The second kappa shape index (κ2) is 2.98. The molecule has 2 heterocycles. The average Bonchev–Trinajstić information content (AvgIpc) is 2.00. The summed E-state index contributed by atoms with van der Waals surface area (Å²) in [6.07, 6.45) is 1.68. The molecule has 4 heteroatoms. The van der Waals surface area contributed by atoms with E-state index < -0.39 is 0 Å². The van der Waals surface area contributed by atoms with Gasteiger partial charge in [-0.15, -0.1) is 0 Å². The van der Waals surface area contributed by atoms with Gasteiger partial charge in [0.25, 0.3) is 0 Å². The van der Waals surface area contributed by atoms with Crippen molar-refractivity contribution in [1.29, 1.82) is 0 Å². The first-order valence-corrected chi connectivity index (χ1v) is 3.91. The van der Waals surface area contributed by atoms with Gasteiger partial charge in [-0.1, -0.05) is 0 Å². The van der Waals surface area contributed by atoms with Crippen molar-refractivity contribution < 1.29 is 4.74 Å². The van der Waals surface area contributed by atoms with Crippen LogP contribution in [0, 0.1) is 0 Å². The van der Waals surface area contributed by atoms with Gasteiger partial charge in [0, 0.05) is 6.20 Å². The standard InChI is InChI=1S/C8H11N3O/c9-8-7(2-1-3-10-8)11-6-4-12-5-6/h1-3,6,11H,4-5H2,(H2,9,10). The Labute approximate surface area is 70.7 Å². The van der Waals surface area contributed by atoms with Crippen LogP contribution in [0.25, 0.3) is 0 Å². The number of aromatic nitrogens is 1. The minimum Gasteiger partial charge on any atom is -0.382 e. The summed E-state index contributed by atoms with van der Waals surface area (Å²) in [6.45, 7) is 1.52. The van der Waals surface area contributed by atoms with Crippen LogP contribution < -0.4 is 11.1 Å². The van der Waals surface area contributed by atoms with Gasteiger partial charge >= 0.3 is 0 Å². The number of nitrogens with one attached hydrogen (secondary N) is 1. The maximum atomic E-state index is 5.63. The highest BCUT2D eigenvalue weighted by Crippen LogP contribution is 2.17. The molecule has 0 amide bonds. The van der Waals surface area contributed by atoms with Gasteiger partial charge in [0.2, 0.25) is 0 Å². The number of pyridine rings is 1. The molecule has 0 bridgehead atoms. The fourth-order valence-corrected chi connectivity index (χ4v) is 1.08. The van der Waals surface area contributed by atoms with Crippen molar-refractivity contribution in [3.05, 3.63) is 18.3 Å². The summed E-state index contributed by atoms with van der Waals surface area (Å²) in [6, 6.07) is 4.18. The van der Waals surface area contributed by atoms with Gasteiger partial charge in [0.15, 0.2) is 0 Å². The number of ether oxygens (including phenoxy) is 1. The van der Waals surface area contributed by atoms with E-state index in [0.717, 1.165) is 18.9 Å². The molecule has 1 saturated heterocycles. The van der Waals surface area contributed by atoms with Crippen LogP contribution in [0.3, 0.4) is 0 Å². The number of hydrogen-bond donors (Lipinski definition) is 2. The highest BCUT2D eigenvalue weighted by molar-refractivity contribution is 5.61. The van der Waals surface area contributed by atoms with Crippen molar-refractivity contribution in [3.63, 3.8) is 0 Å². The van der Waals surface area contributed by atoms with E-state index in [1.54, 1.807) is 6.20 Å². The van der Waals surface area contributed by atoms with Gasteiger partial charge in [0.1, 0.15) is 5.82 Å². The number of anilines is 2. The monoisotopic (exact) mass is 165 g/mol.